The SMILES string of the molecule is CC1CCCN(C(=O)CN2CCC3(O)CCCCC3C2)C1. The van der Waals surface area contributed by atoms with Crippen molar-refractivity contribution in [2.75, 3.05) is 32.7 Å². The molecule has 0 spiro atoms. The molecule has 3 aliphatic rings. The van der Waals surface area contributed by atoms with Crippen LogP contribution in [0, 0.1) is 11.8 Å². The van der Waals surface area contributed by atoms with Gasteiger partial charge in [-0.1, -0.05) is 19.8 Å². The summed E-state index contributed by atoms with van der Waals surface area (Å²) in [6, 6.07) is 0. The van der Waals surface area contributed by atoms with Crippen LogP contribution in [0.4, 0.5) is 0 Å². The Morgan fingerprint density at radius 1 is 1.14 bits per heavy atom. The van der Waals surface area contributed by atoms with Gasteiger partial charge in [-0.05, 0) is 38.0 Å². The van der Waals surface area contributed by atoms with Gasteiger partial charge in [0.05, 0.1) is 12.1 Å². The van der Waals surface area contributed by atoms with Crippen molar-refractivity contribution >= 4 is 5.91 Å². The molecule has 0 aromatic heterocycles. The molecule has 0 aromatic rings. The fourth-order valence-corrected chi connectivity index (χ4v) is 4.49. The van der Waals surface area contributed by atoms with Crippen LogP contribution in [-0.2, 0) is 4.79 Å². The van der Waals surface area contributed by atoms with Crippen LogP contribution in [0.1, 0.15) is 51.9 Å². The summed E-state index contributed by atoms with van der Waals surface area (Å²) in [5.41, 5.74) is -0.433. The molecule has 0 radical (unpaired) electrons. The van der Waals surface area contributed by atoms with E-state index < -0.39 is 5.60 Å². The highest BCUT2D eigenvalue weighted by Gasteiger charge is 2.43. The number of carbonyl (C=O) groups excluding carboxylic acids is 1. The zero-order valence-electron chi connectivity index (χ0n) is 13.4. The van der Waals surface area contributed by atoms with Crippen LogP contribution in [0.2, 0.25) is 0 Å². The van der Waals surface area contributed by atoms with Crippen LogP contribution in [-0.4, -0.2) is 59.1 Å². The Balaban J connectivity index is 1.53. The number of likely N-dealkylation sites (tertiary alicyclic amines) is 2. The normalized spacial score (nSPS) is 38.1. The molecule has 4 heteroatoms. The van der Waals surface area contributed by atoms with Crippen molar-refractivity contribution in [2.45, 2.75) is 57.5 Å². The molecule has 3 fully saturated rings. The second-order valence-electron chi connectivity index (χ2n) is 7.62. The largest absolute Gasteiger partial charge is 0.390 e. The average Bonchev–Trinajstić information content (AvgIpc) is 2.47. The van der Waals surface area contributed by atoms with Crippen molar-refractivity contribution in [1.82, 2.24) is 9.80 Å². The maximum absolute atomic E-state index is 12.5. The van der Waals surface area contributed by atoms with E-state index in [-0.39, 0.29) is 0 Å². The van der Waals surface area contributed by atoms with Gasteiger partial charge in [-0.15, -0.1) is 0 Å². The fraction of sp³-hybridized carbons (Fsp3) is 0.941. The number of piperidine rings is 2. The van der Waals surface area contributed by atoms with Crippen molar-refractivity contribution in [1.29, 1.82) is 0 Å². The monoisotopic (exact) mass is 294 g/mol. The molecule has 0 aromatic carbocycles. The number of rotatable bonds is 2. The second kappa shape index (κ2) is 6.25. The quantitative estimate of drug-likeness (QED) is 0.845. The zero-order chi connectivity index (χ0) is 14.9. The van der Waals surface area contributed by atoms with Crippen molar-refractivity contribution in [2.24, 2.45) is 11.8 Å². The second-order valence-corrected chi connectivity index (χ2v) is 7.62. The molecule has 3 atom stereocenters. The number of amides is 1. The van der Waals surface area contributed by atoms with E-state index in [4.69, 9.17) is 0 Å². The number of hydrogen-bond donors (Lipinski definition) is 1. The Morgan fingerprint density at radius 2 is 2.00 bits per heavy atom. The highest BCUT2D eigenvalue weighted by Crippen LogP contribution is 2.39. The summed E-state index contributed by atoms with van der Waals surface area (Å²) < 4.78 is 0. The first-order valence-corrected chi connectivity index (χ1v) is 8.79. The first-order chi connectivity index (χ1) is 10.1. The Kier molecular flexibility index (Phi) is 4.55. The summed E-state index contributed by atoms with van der Waals surface area (Å²) in [7, 11) is 0. The number of fused-ring (bicyclic) bond motifs is 1. The predicted molar refractivity (Wildman–Crippen MR) is 82.9 cm³/mol. The fourth-order valence-electron chi connectivity index (χ4n) is 4.49. The van der Waals surface area contributed by atoms with Crippen molar-refractivity contribution in [3.05, 3.63) is 0 Å². The van der Waals surface area contributed by atoms with Gasteiger partial charge in [0.15, 0.2) is 0 Å². The van der Waals surface area contributed by atoms with E-state index in [2.05, 4.69) is 16.7 Å². The summed E-state index contributed by atoms with van der Waals surface area (Å²) >= 11 is 0. The third-order valence-electron chi connectivity index (χ3n) is 5.88. The Bertz CT molecular complexity index is 387. The number of hydrogen-bond acceptors (Lipinski definition) is 3. The summed E-state index contributed by atoms with van der Waals surface area (Å²) in [5, 5.41) is 10.7. The molecule has 1 saturated carbocycles. The summed E-state index contributed by atoms with van der Waals surface area (Å²) in [6.45, 7) is 6.44. The zero-order valence-corrected chi connectivity index (χ0v) is 13.4. The molecule has 21 heavy (non-hydrogen) atoms. The van der Waals surface area contributed by atoms with Crippen molar-refractivity contribution in [3.8, 4) is 0 Å². The van der Waals surface area contributed by atoms with Gasteiger partial charge in [-0.3, -0.25) is 9.69 Å². The van der Waals surface area contributed by atoms with Crippen LogP contribution in [0.5, 0.6) is 0 Å². The Morgan fingerprint density at radius 3 is 2.81 bits per heavy atom. The molecule has 120 valence electrons. The smallest absolute Gasteiger partial charge is 0.236 e. The van der Waals surface area contributed by atoms with E-state index in [1.165, 1.54) is 12.8 Å². The molecule has 2 heterocycles. The number of nitrogens with zero attached hydrogens (tertiary/aromatic N) is 2. The van der Waals surface area contributed by atoms with E-state index >= 15 is 0 Å². The first kappa shape index (κ1) is 15.3. The van der Waals surface area contributed by atoms with Crippen LogP contribution in [0.15, 0.2) is 0 Å². The predicted octanol–water partition coefficient (Wildman–Crippen LogP) is 1.87. The summed E-state index contributed by atoms with van der Waals surface area (Å²) in [5.74, 6) is 1.32. The van der Waals surface area contributed by atoms with Crippen LogP contribution in [0.25, 0.3) is 0 Å². The molecular formula is C17H30N2O2. The lowest BCUT2D eigenvalue weighted by Gasteiger charge is -2.47. The van der Waals surface area contributed by atoms with Gasteiger partial charge < -0.3 is 10.0 Å². The van der Waals surface area contributed by atoms with Gasteiger partial charge >= 0.3 is 0 Å². The van der Waals surface area contributed by atoms with E-state index in [0.717, 1.165) is 58.3 Å². The molecule has 1 amide bonds. The molecule has 3 rings (SSSR count). The highest BCUT2D eigenvalue weighted by molar-refractivity contribution is 5.78. The van der Waals surface area contributed by atoms with E-state index in [0.29, 0.717) is 24.3 Å². The molecule has 1 N–H and O–H groups in total. The van der Waals surface area contributed by atoms with Gasteiger partial charge in [0.1, 0.15) is 0 Å². The Labute approximate surface area is 128 Å². The summed E-state index contributed by atoms with van der Waals surface area (Å²) in [4.78, 5) is 16.8. The minimum Gasteiger partial charge on any atom is -0.390 e. The van der Waals surface area contributed by atoms with Gasteiger partial charge in [0, 0.05) is 32.1 Å². The topological polar surface area (TPSA) is 43.8 Å². The maximum Gasteiger partial charge on any atom is 0.236 e. The minimum atomic E-state index is -0.433. The Hall–Kier alpha value is -0.610. The maximum atomic E-state index is 12.5. The van der Waals surface area contributed by atoms with E-state index in [1.54, 1.807) is 0 Å². The van der Waals surface area contributed by atoms with Crippen LogP contribution >= 0.6 is 0 Å². The first-order valence-electron chi connectivity index (χ1n) is 8.79. The lowest BCUT2D eigenvalue weighted by Crippen LogP contribution is -2.55. The van der Waals surface area contributed by atoms with Gasteiger partial charge in [-0.25, -0.2) is 0 Å². The third-order valence-corrected chi connectivity index (χ3v) is 5.88. The lowest BCUT2D eigenvalue weighted by molar-refractivity contribution is -0.138. The lowest BCUT2D eigenvalue weighted by atomic mass is 9.71. The van der Waals surface area contributed by atoms with Gasteiger partial charge in [0.2, 0.25) is 5.91 Å². The molecule has 4 nitrogen and oxygen atoms in total. The molecule has 2 aliphatic heterocycles. The van der Waals surface area contributed by atoms with Crippen molar-refractivity contribution < 1.29 is 9.90 Å². The molecule has 0 bridgehead atoms. The van der Waals surface area contributed by atoms with E-state index in [9.17, 15) is 9.90 Å². The molecular weight excluding hydrogens is 264 g/mol. The van der Waals surface area contributed by atoms with E-state index in [1.807, 2.05) is 0 Å². The highest BCUT2D eigenvalue weighted by atomic mass is 16.3. The van der Waals surface area contributed by atoms with Crippen LogP contribution < -0.4 is 0 Å². The van der Waals surface area contributed by atoms with Gasteiger partial charge in [0.25, 0.3) is 0 Å². The van der Waals surface area contributed by atoms with Crippen LogP contribution in [0.3, 0.4) is 0 Å². The third kappa shape index (κ3) is 3.42. The van der Waals surface area contributed by atoms with Gasteiger partial charge in [-0.2, -0.15) is 0 Å². The molecule has 3 unspecified atom stereocenters. The standard InChI is InChI=1S/C17H30N2O2/c1-14-5-4-9-19(11-14)16(20)13-18-10-8-17(21)7-3-2-6-15(17)12-18/h14-15,21H,2-13H2,1H3. The number of aliphatic hydroxyl groups is 1. The van der Waals surface area contributed by atoms with Crippen molar-refractivity contribution in [3.63, 3.8) is 0 Å². The summed E-state index contributed by atoms with van der Waals surface area (Å²) in [6.07, 6.45) is 7.74. The number of carbonyl (C=O) groups is 1. The average molecular weight is 294 g/mol. The molecule has 1 aliphatic carbocycles. The minimum absolute atomic E-state index is 0.294. The molecule has 2 saturated heterocycles.